The zero-order chi connectivity index (χ0) is 15.0. The molecule has 108 valence electrons. The van der Waals surface area contributed by atoms with Gasteiger partial charge in [-0.1, -0.05) is 23.7 Å². The highest BCUT2D eigenvalue weighted by Crippen LogP contribution is 2.31. The van der Waals surface area contributed by atoms with Gasteiger partial charge in [-0.15, -0.1) is 11.6 Å². The summed E-state index contributed by atoms with van der Waals surface area (Å²) in [5.74, 6) is 0.840. The van der Waals surface area contributed by atoms with E-state index in [0.717, 1.165) is 27.4 Å². The number of nitrogens with zero attached hydrogens (tertiary/aromatic N) is 3. The molecule has 3 nitrogen and oxygen atoms in total. The summed E-state index contributed by atoms with van der Waals surface area (Å²) in [6.07, 6.45) is 3.53. The molecule has 1 aromatic carbocycles. The molecule has 0 saturated heterocycles. The second kappa shape index (κ2) is 5.66. The SMILES string of the molecule is CC(Cl)c1nc2cnccc2n1C(C)c1cccc(Cl)c1. The molecule has 2 heterocycles. The number of aromatic nitrogens is 3. The molecule has 0 aliphatic heterocycles. The monoisotopic (exact) mass is 319 g/mol. The van der Waals surface area contributed by atoms with Crippen molar-refractivity contribution in [2.45, 2.75) is 25.3 Å². The maximum atomic E-state index is 6.31. The van der Waals surface area contributed by atoms with Crippen molar-refractivity contribution in [2.24, 2.45) is 0 Å². The Bertz CT molecular complexity index is 780. The fourth-order valence-corrected chi connectivity index (χ4v) is 2.93. The van der Waals surface area contributed by atoms with E-state index < -0.39 is 0 Å². The Morgan fingerprint density at radius 1 is 1.19 bits per heavy atom. The van der Waals surface area contributed by atoms with Crippen LogP contribution in [0.25, 0.3) is 11.0 Å². The lowest BCUT2D eigenvalue weighted by Crippen LogP contribution is -2.11. The number of pyridine rings is 1. The van der Waals surface area contributed by atoms with Gasteiger partial charge in [0.1, 0.15) is 11.3 Å². The number of rotatable bonds is 3. The van der Waals surface area contributed by atoms with E-state index in [2.05, 4.69) is 27.5 Å². The molecule has 2 aromatic heterocycles. The van der Waals surface area contributed by atoms with Gasteiger partial charge in [-0.3, -0.25) is 4.98 Å². The average Bonchev–Trinajstić information content (AvgIpc) is 2.86. The first-order valence-corrected chi connectivity index (χ1v) is 7.60. The maximum Gasteiger partial charge on any atom is 0.128 e. The lowest BCUT2D eigenvalue weighted by molar-refractivity contribution is 0.618. The van der Waals surface area contributed by atoms with Gasteiger partial charge in [0.25, 0.3) is 0 Å². The van der Waals surface area contributed by atoms with E-state index in [1.165, 1.54) is 0 Å². The Morgan fingerprint density at radius 2 is 2.00 bits per heavy atom. The van der Waals surface area contributed by atoms with Crippen molar-refractivity contribution in [1.82, 2.24) is 14.5 Å². The molecule has 3 rings (SSSR count). The Balaban J connectivity index is 2.20. The van der Waals surface area contributed by atoms with Crippen molar-refractivity contribution in [1.29, 1.82) is 0 Å². The lowest BCUT2D eigenvalue weighted by atomic mass is 10.1. The van der Waals surface area contributed by atoms with Gasteiger partial charge < -0.3 is 4.57 Å². The highest BCUT2D eigenvalue weighted by molar-refractivity contribution is 6.30. The van der Waals surface area contributed by atoms with Crippen molar-refractivity contribution in [3.05, 3.63) is 59.1 Å². The summed E-state index contributed by atoms with van der Waals surface area (Å²) in [5.41, 5.74) is 3.01. The molecule has 0 N–H and O–H groups in total. The summed E-state index contributed by atoms with van der Waals surface area (Å²) in [7, 11) is 0. The number of alkyl halides is 1. The van der Waals surface area contributed by atoms with Crippen LogP contribution in [-0.2, 0) is 0 Å². The molecule has 0 saturated carbocycles. The molecule has 3 aromatic rings. The second-order valence-electron chi connectivity index (χ2n) is 5.05. The Hall–Kier alpha value is -1.58. The highest BCUT2D eigenvalue weighted by atomic mass is 35.5. The van der Waals surface area contributed by atoms with Gasteiger partial charge in [-0.2, -0.15) is 0 Å². The molecule has 2 atom stereocenters. The minimum absolute atomic E-state index is 0.0901. The van der Waals surface area contributed by atoms with Gasteiger partial charge in [-0.25, -0.2) is 4.98 Å². The van der Waals surface area contributed by atoms with Gasteiger partial charge in [0.05, 0.1) is 23.1 Å². The summed E-state index contributed by atoms with van der Waals surface area (Å²) in [6, 6.07) is 9.92. The molecule has 0 radical (unpaired) electrons. The number of hydrogen-bond acceptors (Lipinski definition) is 2. The number of halogens is 2. The number of benzene rings is 1. The van der Waals surface area contributed by atoms with Crippen molar-refractivity contribution >= 4 is 34.2 Å². The van der Waals surface area contributed by atoms with Crippen LogP contribution < -0.4 is 0 Å². The van der Waals surface area contributed by atoms with Crippen LogP contribution >= 0.6 is 23.2 Å². The predicted octanol–water partition coefficient (Wildman–Crippen LogP) is 4.99. The maximum absolute atomic E-state index is 6.31. The third-order valence-electron chi connectivity index (χ3n) is 3.59. The van der Waals surface area contributed by atoms with Gasteiger partial charge in [0.15, 0.2) is 0 Å². The standard InChI is InChI=1S/C16H15Cl2N3/c1-10(17)16-20-14-9-19-7-6-15(14)21(16)11(2)12-4-3-5-13(18)8-12/h3-11H,1-2H3. The topological polar surface area (TPSA) is 30.7 Å². The Morgan fingerprint density at radius 3 is 2.71 bits per heavy atom. The van der Waals surface area contributed by atoms with E-state index in [1.54, 1.807) is 12.4 Å². The third-order valence-corrected chi connectivity index (χ3v) is 4.02. The predicted molar refractivity (Wildman–Crippen MR) is 87.1 cm³/mol. The van der Waals surface area contributed by atoms with E-state index in [0.29, 0.717) is 0 Å². The average molecular weight is 320 g/mol. The van der Waals surface area contributed by atoms with Crippen LogP contribution in [0.4, 0.5) is 0 Å². The lowest BCUT2D eigenvalue weighted by Gasteiger charge is -2.19. The molecule has 0 bridgehead atoms. The Kier molecular flexibility index (Phi) is 3.87. The second-order valence-corrected chi connectivity index (χ2v) is 6.14. The largest absolute Gasteiger partial charge is 0.319 e. The van der Waals surface area contributed by atoms with Gasteiger partial charge >= 0.3 is 0 Å². The smallest absolute Gasteiger partial charge is 0.128 e. The van der Waals surface area contributed by atoms with E-state index in [-0.39, 0.29) is 11.4 Å². The zero-order valence-electron chi connectivity index (χ0n) is 11.8. The molecule has 0 amide bonds. The first kappa shape index (κ1) is 14.4. The molecule has 0 aliphatic rings. The molecule has 0 aliphatic carbocycles. The van der Waals surface area contributed by atoms with Crippen molar-refractivity contribution in [2.75, 3.05) is 0 Å². The highest BCUT2D eigenvalue weighted by Gasteiger charge is 2.20. The van der Waals surface area contributed by atoms with Crippen LogP contribution in [0.5, 0.6) is 0 Å². The summed E-state index contributed by atoms with van der Waals surface area (Å²) in [5, 5.41) is 0.546. The number of imidazole rings is 1. The van der Waals surface area contributed by atoms with Crippen LogP contribution in [0.3, 0.4) is 0 Å². The van der Waals surface area contributed by atoms with E-state index in [4.69, 9.17) is 23.2 Å². The quantitative estimate of drug-likeness (QED) is 0.636. The molecular weight excluding hydrogens is 305 g/mol. The van der Waals surface area contributed by atoms with Gasteiger partial charge in [0, 0.05) is 11.2 Å². The minimum Gasteiger partial charge on any atom is -0.319 e. The summed E-state index contributed by atoms with van der Waals surface area (Å²) in [4.78, 5) is 8.75. The normalized spacial score (nSPS) is 14.3. The molecule has 0 fully saturated rings. The van der Waals surface area contributed by atoms with E-state index in [1.807, 2.05) is 31.2 Å². The number of fused-ring (bicyclic) bond motifs is 1. The van der Waals surface area contributed by atoms with Crippen LogP contribution in [0.1, 0.15) is 36.7 Å². The van der Waals surface area contributed by atoms with Crippen LogP contribution in [0, 0.1) is 0 Å². The molecule has 5 heteroatoms. The van der Waals surface area contributed by atoms with Gasteiger partial charge in [-0.05, 0) is 37.6 Å². The fraction of sp³-hybridized carbons (Fsp3) is 0.250. The first-order valence-electron chi connectivity index (χ1n) is 6.79. The first-order chi connectivity index (χ1) is 10.1. The summed E-state index contributed by atoms with van der Waals surface area (Å²) < 4.78 is 2.15. The van der Waals surface area contributed by atoms with Crippen LogP contribution in [0.2, 0.25) is 5.02 Å². The number of hydrogen-bond donors (Lipinski definition) is 0. The van der Waals surface area contributed by atoms with Gasteiger partial charge in [0.2, 0.25) is 0 Å². The fourth-order valence-electron chi connectivity index (χ4n) is 2.57. The molecule has 0 spiro atoms. The molecule has 2 unspecified atom stereocenters. The third kappa shape index (κ3) is 2.63. The minimum atomic E-state index is -0.181. The zero-order valence-corrected chi connectivity index (χ0v) is 13.3. The summed E-state index contributed by atoms with van der Waals surface area (Å²) >= 11 is 12.4. The van der Waals surface area contributed by atoms with E-state index >= 15 is 0 Å². The molecule has 21 heavy (non-hydrogen) atoms. The van der Waals surface area contributed by atoms with Crippen LogP contribution in [0.15, 0.2) is 42.7 Å². The molecular formula is C16H15Cl2N3. The van der Waals surface area contributed by atoms with Crippen molar-refractivity contribution in [3.63, 3.8) is 0 Å². The van der Waals surface area contributed by atoms with Crippen molar-refractivity contribution < 1.29 is 0 Å². The van der Waals surface area contributed by atoms with Crippen molar-refractivity contribution in [3.8, 4) is 0 Å². The van der Waals surface area contributed by atoms with Crippen LogP contribution in [-0.4, -0.2) is 14.5 Å². The Labute approximate surface area is 133 Å². The van der Waals surface area contributed by atoms with E-state index in [9.17, 15) is 0 Å². The summed E-state index contributed by atoms with van der Waals surface area (Å²) in [6.45, 7) is 4.05.